The summed E-state index contributed by atoms with van der Waals surface area (Å²) in [4.78, 5) is 29.2. The Bertz CT molecular complexity index is 549. The maximum atomic E-state index is 12.8. The molecule has 1 aromatic heterocycles. The molecule has 1 unspecified atom stereocenters. The Hall–Kier alpha value is -1.27. The van der Waals surface area contributed by atoms with Gasteiger partial charge in [0.25, 0.3) is 0 Å². The van der Waals surface area contributed by atoms with Crippen LogP contribution in [0, 0.1) is 11.8 Å². The standard InChI is InChI=1S/C18H30N2O3S/c1-12(2)10-18(19,16(22)23-17(4,5)6)11-14(13(3)21)9-15-20-7-8-24-15/h7-8,12,14H,9-11,19H2,1-6H3/p+1/t14?,18-/m0/s1. The third-order valence-corrected chi connectivity index (χ3v) is 4.55. The van der Waals surface area contributed by atoms with E-state index in [1.54, 1.807) is 13.1 Å². The second-order valence-corrected chi connectivity index (χ2v) is 9.00. The fourth-order valence-electron chi connectivity index (χ4n) is 2.81. The number of hydrogen-bond donors (Lipinski definition) is 1. The SMILES string of the molecule is CC(=O)C(Cc1nccs1)C[C@@]([NH3+])(CC(C)C)C(=O)OC(C)(C)C. The summed E-state index contributed by atoms with van der Waals surface area (Å²) in [5, 5.41) is 2.80. The fourth-order valence-corrected chi connectivity index (χ4v) is 3.51. The van der Waals surface area contributed by atoms with E-state index in [0.29, 0.717) is 19.3 Å². The maximum absolute atomic E-state index is 12.8. The minimum Gasteiger partial charge on any atom is -0.455 e. The van der Waals surface area contributed by atoms with Crippen molar-refractivity contribution < 1.29 is 20.1 Å². The van der Waals surface area contributed by atoms with Crippen LogP contribution < -0.4 is 5.73 Å². The van der Waals surface area contributed by atoms with Crippen LogP contribution in [0.25, 0.3) is 0 Å². The van der Waals surface area contributed by atoms with Gasteiger partial charge in [0.1, 0.15) is 11.4 Å². The molecule has 0 aliphatic heterocycles. The van der Waals surface area contributed by atoms with Crippen molar-refractivity contribution in [3.05, 3.63) is 16.6 Å². The van der Waals surface area contributed by atoms with Crippen LogP contribution in [-0.2, 0) is 20.7 Å². The Morgan fingerprint density at radius 3 is 2.33 bits per heavy atom. The van der Waals surface area contributed by atoms with Crippen LogP contribution in [0.5, 0.6) is 0 Å². The normalized spacial score (nSPS) is 15.8. The van der Waals surface area contributed by atoms with Gasteiger partial charge in [0, 0.05) is 36.8 Å². The molecular weight excluding hydrogens is 324 g/mol. The zero-order valence-electron chi connectivity index (χ0n) is 15.7. The zero-order valence-corrected chi connectivity index (χ0v) is 16.5. The average Bonchev–Trinajstić information content (AvgIpc) is 2.87. The molecule has 5 nitrogen and oxygen atoms in total. The highest BCUT2D eigenvalue weighted by atomic mass is 32.1. The second-order valence-electron chi connectivity index (χ2n) is 8.02. The molecule has 1 heterocycles. The van der Waals surface area contributed by atoms with Crippen molar-refractivity contribution in [1.82, 2.24) is 4.98 Å². The molecule has 1 aromatic rings. The van der Waals surface area contributed by atoms with Crippen LogP contribution >= 0.6 is 11.3 Å². The molecule has 6 heteroatoms. The number of nitrogens with zero attached hydrogens (tertiary/aromatic N) is 1. The molecular formula is C18H31N2O3S+. The summed E-state index contributed by atoms with van der Waals surface area (Å²) in [5.41, 5.74) is 2.71. The van der Waals surface area contributed by atoms with Crippen LogP contribution in [-0.4, -0.2) is 27.9 Å². The largest absolute Gasteiger partial charge is 0.455 e. The molecule has 0 aromatic carbocycles. The third kappa shape index (κ3) is 6.69. The van der Waals surface area contributed by atoms with E-state index in [9.17, 15) is 9.59 Å². The lowest BCUT2D eigenvalue weighted by molar-refractivity contribution is -0.470. The Labute approximate surface area is 149 Å². The van der Waals surface area contributed by atoms with Gasteiger partial charge in [-0.3, -0.25) is 4.79 Å². The number of esters is 1. The molecule has 0 aliphatic carbocycles. The van der Waals surface area contributed by atoms with Crippen molar-refractivity contribution in [3.63, 3.8) is 0 Å². The summed E-state index contributed by atoms with van der Waals surface area (Å²) in [6, 6.07) is 0. The monoisotopic (exact) mass is 355 g/mol. The lowest BCUT2D eigenvalue weighted by Crippen LogP contribution is -2.78. The molecule has 0 aliphatic rings. The summed E-state index contributed by atoms with van der Waals surface area (Å²) < 4.78 is 5.59. The van der Waals surface area contributed by atoms with E-state index >= 15 is 0 Å². The average molecular weight is 356 g/mol. The van der Waals surface area contributed by atoms with E-state index < -0.39 is 11.1 Å². The highest BCUT2D eigenvalue weighted by Gasteiger charge is 2.45. The molecule has 0 radical (unpaired) electrons. The maximum Gasteiger partial charge on any atom is 0.368 e. The molecule has 136 valence electrons. The minimum absolute atomic E-state index is 0.0607. The first kappa shape index (κ1) is 20.8. The number of ketones is 1. The van der Waals surface area contributed by atoms with E-state index in [4.69, 9.17) is 4.74 Å². The lowest BCUT2D eigenvalue weighted by Gasteiger charge is -2.31. The van der Waals surface area contributed by atoms with Gasteiger partial charge in [-0.25, -0.2) is 9.78 Å². The zero-order chi connectivity index (χ0) is 18.5. The number of thiazole rings is 1. The summed E-state index contributed by atoms with van der Waals surface area (Å²) in [5.74, 6) is -0.262. The van der Waals surface area contributed by atoms with Crippen molar-refractivity contribution in [2.75, 3.05) is 0 Å². The molecule has 1 rings (SSSR count). The number of rotatable bonds is 8. The topological polar surface area (TPSA) is 83.9 Å². The summed E-state index contributed by atoms with van der Waals surface area (Å²) in [6.45, 7) is 11.2. The molecule has 0 fully saturated rings. The van der Waals surface area contributed by atoms with Gasteiger partial charge in [-0.05, 0) is 33.6 Å². The number of carbonyl (C=O) groups is 2. The molecule has 0 bridgehead atoms. The molecule has 0 saturated carbocycles. The summed E-state index contributed by atoms with van der Waals surface area (Å²) >= 11 is 1.53. The number of hydrogen-bond acceptors (Lipinski definition) is 5. The van der Waals surface area contributed by atoms with Gasteiger partial charge in [0.05, 0.1) is 5.01 Å². The van der Waals surface area contributed by atoms with E-state index in [0.717, 1.165) is 5.01 Å². The van der Waals surface area contributed by atoms with Gasteiger partial charge in [0.2, 0.25) is 0 Å². The third-order valence-electron chi connectivity index (χ3n) is 3.75. The highest BCUT2D eigenvalue weighted by Crippen LogP contribution is 2.27. The van der Waals surface area contributed by atoms with Gasteiger partial charge >= 0.3 is 5.97 Å². The Kier molecular flexibility index (Phi) is 7.10. The van der Waals surface area contributed by atoms with Crippen LogP contribution in [0.1, 0.15) is 59.4 Å². The number of carbonyl (C=O) groups excluding carboxylic acids is 2. The first-order valence-electron chi connectivity index (χ1n) is 8.40. The van der Waals surface area contributed by atoms with Gasteiger partial charge in [-0.2, -0.15) is 0 Å². The molecule has 0 amide bonds. The Balaban J connectivity index is 2.99. The van der Waals surface area contributed by atoms with Gasteiger partial charge in [-0.1, -0.05) is 13.8 Å². The summed E-state index contributed by atoms with van der Waals surface area (Å²) in [6.07, 6.45) is 3.25. The minimum atomic E-state index is -0.922. The molecule has 0 spiro atoms. The van der Waals surface area contributed by atoms with E-state index in [2.05, 4.69) is 10.7 Å². The van der Waals surface area contributed by atoms with Gasteiger partial charge in [0.15, 0.2) is 5.54 Å². The Morgan fingerprint density at radius 1 is 1.29 bits per heavy atom. The predicted octanol–water partition coefficient (Wildman–Crippen LogP) is 2.65. The molecule has 24 heavy (non-hydrogen) atoms. The van der Waals surface area contributed by atoms with E-state index in [1.165, 1.54) is 11.3 Å². The van der Waals surface area contributed by atoms with Crippen molar-refractivity contribution >= 4 is 23.1 Å². The molecule has 0 saturated heterocycles. The van der Waals surface area contributed by atoms with Crippen LogP contribution in [0.4, 0.5) is 0 Å². The van der Waals surface area contributed by atoms with Crippen molar-refractivity contribution in [2.24, 2.45) is 11.8 Å². The molecule has 3 N–H and O–H groups in total. The smallest absolute Gasteiger partial charge is 0.368 e. The Morgan fingerprint density at radius 2 is 1.92 bits per heavy atom. The quantitative estimate of drug-likeness (QED) is 0.727. The predicted molar refractivity (Wildman–Crippen MR) is 95.5 cm³/mol. The van der Waals surface area contributed by atoms with Crippen LogP contribution in [0.15, 0.2) is 11.6 Å². The van der Waals surface area contributed by atoms with Crippen molar-refractivity contribution in [2.45, 2.75) is 71.9 Å². The van der Waals surface area contributed by atoms with E-state index in [1.807, 2.05) is 40.0 Å². The van der Waals surface area contributed by atoms with E-state index in [-0.39, 0.29) is 23.6 Å². The molecule has 2 atom stereocenters. The van der Waals surface area contributed by atoms with Crippen molar-refractivity contribution in [3.8, 4) is 0 Å². The number of quaternary nitrogens is 1. The second kappa shape index (κ2) is 8.21. The highest BCUT2D eigenvalue weighted by molar-refractivity contribution is 7.09. The fraction of sp³-hybridized carbons (Fsp3) is 0.722. The van der Waals surface area contributed by atoms with Crippen LogP contribution in [0.3, 0.4) is 0 Å². The van der Waals surface area contributed by atoms with Crippen LogP contribution in [0.2, 0.25) is 0 Å². The number of ether oxygens (including phenoxy) is 1. The first-order chi connectivity index (χ1) is 10.9. The van der Waals surface area contributed by atoms with Gasteiger partial charge < -0.3 is 10.5 Å². The number of Topliss-reactive ketones (excluding diaryl/α,β-unsaturated/α-hetero) is 1. The number of aromatic nitrogens is 1. The summed E-state index contributed by atoms with van der Waals surface area (Å²) in [7, 11) is 0. The van der Waals surface area contributed by atoms with Gasteiger partial charge in [-0.15, -0.1) is 11.3 Å². The lowest BCUT2D eigenvalue weighted by atomic mass is 9.79. The van der Waals surface area contributed by atoms with Crippen molar-refractivity contribution in [1.29, 1.82) is 0 Å². The first-order valence-corrected chi connectivity index (χ1v) is 9.28.